The zero-order chi connectivity index (χ0) is 16.9. The molecule has 0 aliphatic carbocycles. The Bertz CT molecular complexity index is 554. The Morgan fingerprint density at radius 1 is 1.30 bits per heavy atom. The van der Waals surface area contributed by atoms with Crippen molar-refractivity contribution in [3.63, 3.8) is 0 Å². The highest BCUT2D eigenvalue weighted by Crippen LogP contribution is 2.34. The molecule has 0 radical (unpaired) electrons. The molecule has 0 unspecified atom stereocenters. The van der Waals surface area contributed by atoms with Gasteiger partial charge in [-0.15, -0.1) is 0 Å². The summed E-state index contributed by atoms with van der Waals surface area (Å²) in [7, 11) is 3.21. The summed E-state index contributed by atoms with van der Waals surface area (Å²) in [5.41, 5.74) is 0.133. The zero-order valence-corrected chi connectivity index (χ0v) is 13.2. The quantitative estimate of drug-likeness (QED) is 0.656. The van der Waals surface area contributed by atoms with E-state index in [1.807, 2.05) is 4.90 Å². The van der Waals surface area contributed by atoms with Gasteiger partial charge < -0.3 is 20.3 Å². The highest BCUT2D eigenvalue weighted by Gasteiger charge is 2.34. The van der Waals surface area contributed by atoms with Crippen LogP contribution in [0.3, 0.4) is 0 Å². The van der Waals surface area contributed by atoms with Gasteiger partial charge in [-0.3, -0.25) is 4.99 Å². The second kappa shape index (κ2) is 7.54. The van der Waals surface area contributed by atoms with E-state index in [9.17, 15) is 13.2 Å². The van der Waals surface area contributed by atoms with Gasteiger partial charge in [-0.2, -0.15) is 13.2 Å². The number of ether oxygens (including phenoxy) is 1. The van der Waals surface area contributed by atoms with Crippen LogP contribution in [-0.4, -0.2) is 46.4 Å². The van der Waals surface area contributed by atoms with E-state index in [-0.39, 0.29) is 12.1 Å². The molecule has 1 aliphatic heterocycles. The maximum atomic E-state index is 13.4. The van der Waals surface area contributed by atoms with Crippen molar-refractivity contribution >= 4 is 11.6 Å². The fraction of sp³-hybridized carbons (Fsp3) is 0.533. The summed E-state index contributed by atoms with van der Waals surface area (Å²) in [6, 6.07) is 4.45. The van der Waals surface area contributed by atoms with Crippen LogP contribution >= 0.6 is 0 Å². The van der Waals surface area contributed by atoms with Crippen molar-refractivity contribution in [3.8, 4) is 0 Å². The van der Waals surface area contributed by atoms with Crippen LogP contribution in [0.4, 0.5) is 18.9 Å². The number of hydrogen-bond donors (Lipinski definition) is 2. The molecule has 0 atom stereocenters. The van der Waals surface area contributed by atoms with Gasteiger partial charge in [0.1, 0.15) is 0 Å². The smallest absolute Gasteiger partial charge is 0.378 e. The number of nitrogens with one attached hydrogen (secondary N) is 2. The van der Waals surface area contributed by atoms with Crippen LogP contribution in [0.15, 0.2) is 23.2 Å². The van der Waals surface area contributed by atoms with Crippen molar-refractivity contribution in [3.05, 3.63) is 29.3 Å². The lowest BCUT2D eigenvalue weighted by Crippen LogP contribution is -2.36. The molecule has 0 bridgehead atoms. The molecule has 1 heterocycles. The summed E-state index contributed by atoms with van der Waals surface area (Å²) in [5.74, 6) is 0.440. The fourth-order valence-corrected chi connectivity index (χ4v) is 2.46. The Balaban J connectivity index is 2.24. The van der Waals surface area contributed by atoms with E-state index in [1.54, 1.807) is 20.2 Å². The average Bonchev–Trinajstić information content (AvgIpc) is 2.56. The van der Waals surface area contributed by atoms with Gasteiger partial charge in [-0.05, 0) is 17.7 Å². The number of aliphatic imine (C=N–C) groups is 1. The third-order valence-electron chi connectivity index (χ3n) is 3.68. The molecule has 23 heavy (non-hydrogen) atoms. The van der Waals surface area contributed by atoms with Crippen LogP contribution in [0.2, 0.25) is 0 Å². The van der Waals surface area contributed by atoms with Crippen molar-refractivity contribution in [2.75, 3.05) is 45.3 Å². The maximum Gasteiger partial charge on any atom is 0.416 e. The molecule has 2 rings (SSSR count). The van der Waals surface area contributed by atoms with Gasteiger partial charge in [0, 0.05) is 39.4 Å². The molecule has 0 amide bonds. The molecule has 0 spiro atoms. The lowest BCUT2D eigenvalue weighted by atomic mass is 10.1. The van der Waals surface area contributed by atoms with Gasteiger partial charge in [0.15, 0.2) is 5.96 Å². The molecular formula is C15H21F3N4O. The number of morpholine rings is 1. The number of nitrogens with zero attached hydrogens (tertiary/aromatic N) is 2. The summed E-state index contributed by atoms with van der Waals surface area (Å²) >= 11 is 0. The number of alkyl halides is 3. The molecule has 128 valence electrons. The summed E-state index contributed by atoms with van der Waals surface area (Å²) < 4.78 is 45.3. The van der Waals surface area contributed by atoms with E-state index < -0.39 is 11.7 Å². The number of rotatable bonds is 3. The van der Waals surface area contributed by atoms with Crippen LogP contribution < -0.4 is 15.5 Å². The molecule has 1 aromatic carbocycles. The Kier molecular flexibility index (Phi) is 5.70. The molecule has 0 saturated carbocycles. The Morgan fingerprint density at radius 3 is 2.57 bits per heavy atom. The van der Waals surface area contributed by atoms with Crippen LogP contribution in [0.25, 0.3) is 0 Å². The molecular weight excluding hydrogens is 309 g/mol. The number of halogens is 3. The zero-order valence-electron chi connectivity index (χ0n) is 13.2. The van der Waals surface area contributed by atoms with Crippen molar-refractivity contribution in [2.24, 2.45) is 4.99 Å². The van der Waals surface area contributed by atoms with Crippen molar-refractivity contribution < 1.29 is 17.9 Å². The summed E-state index contributed by atoms with van der Waals surface area (Å²) in [6.07, 6.45) is -4.40. The summed E-state index contributed by atoms with van der Waals surface area (Å²) in [6.45, 7) is 2.31. The summed E-state index contributed by atoms with van der Waals surface area (Å²) in [4.78, 5) is 5.80. The minimum Gasteiger partial charge on any atom is -0.378 e. The molecule has 8 heteroatoms. The van der Waals surface area contributed by atoms with Crippen molar-refractivity contribution in [2.45, 2.75) is 12.7 Å². The van der Waals surface area contributed by atoms with Crippen molar-refractivity contribution in [1.82, 2.24) is 10.6 Å². The highest BCUT2D eigenvalue weighted by molar-refractivity contribution is 5.79. The minimum absolute atomic E-state index is 0.0474. The van der Waals surface area contributed by atoms with Gasteiger partial charge in [-0.1, -0.05) is 6.07 Å². The van der Waals surface area contributed by atoms with Crippen LogP contribution in [0.1, 0.15) is 11.1 Å². The number of benzene rings is 1. The molecule has 1 aromatic rings. The molecule has 1 saturated heterocycles. The Hall–Kier alpha value is -1.96. The van der Waals surface area contributed by atoms with E-state index >= 15 is 0 Å². The van der Waals surface area contributed by atoms with Gasteiger partial charge in [0.25, 0.3) is 0 Å². The van der Waals surface area contributed by atoms with E-state index in [0.29, 0.717) is 38.0 Å². The predicted molar refractivity (Wildman–Crippen MR) is 83.7 cm³/mol. The number of anilines is 1. The van der Waals surface area contributed by atoms with E-state index in [4.69, 9.17) is 4.74 Å². The minimum atomic E-state index is -4.40. The monoisotopic (exact) mass is 330 g/mol. The largest absolute Gasteiger partial charge is 0.416 e. The first-order chi connectivity index (χ1) is 11.0. The fourth-order valence-electron chi connectivity index (χ4n) is 2.46. The van der Waals surface area contributed by atoms with Crippen LogP contribution in [0, 0.1) is 0 Å². The molecule has 1 aliphatic rings. The standard InChI is InChI=1S/C15H21F3N4O/c1-19-14(20-2)21-10-11-3-4-12(9-13(11)15(16,17)18)22-5-7-23-8-6-22/h3-4,9H,5-8,10H2,1-2H3,(H2,19,20,21). The topological polar surface area (TPSA) is 48.9 Å². The number of guanidine groups is 1. The third kappa shape index (κ3) is 4.51. The summed E-state index contributed by atoms with van der Waals surface area (Å²) in [5, 5.41) is 5.63. The van der Waals surface area contributed by atoms with Gasteiger partial charge in [-0.25, -0.2) is 0 Å². The van der Waals surface area contributed by atoms with E-state index in [1.165, 1.54) is 12.1 Å². The average molecular weight is 330 g/mol. The second-order valence-electron chi connectivity index (χ2n) is 5.11. The van der Waals surface area contributed by atoms with Gasteiger partial charge in [0.2, 0.25) is 0 Å². The number of hydrogen-bond acceptors (Lipinski definition) is 3. The normalized spacial score (nSPS) is 16.4. The SMILES string of the molecule is CN=C(NC)NCc1ccc(N2CCOCC2)cc1C(F)(F)F. The first-order valence-electron chi connectivity index (χ1n) is 7.37. The van der Waals surface area contributed by atoms with Crippen LogP contribution in [0.5, 0.6) is 0 Å². The highest BCUT2D eigenvalue weighted by atomic mass is 19.4. The van der Waals surface area contributed by atoms with Gasteiger partial charge in [0.05, 0.1) is 18.8 Å². The lowest BCUT2D eigenvalue weighted by Gasteiger charge is -2.29. The molecule has 2 N–H and O–H groups in total. The molecule has 0 aromatic heterocycles. The lowest BCUT2D eigenvalue weighted by molar-refractivity contribution is -0.138. The Morgan fingerprint density at radius 2 is 2.00 bits per heavy atom. The van der Waals surface area contributed by atoms with Crippen LogP contribution in [-0.2, 0) is 17.5 Å². The van der Waals surface area contributed by atoms with Gasteiger partial charge >= 0.3 is 6.18 Å². The van der Waals surface area contributed by atoms with E-state index in [0.717, 1.165) is 0 Å². The maximum absolute atomic E-state index is 13.4. The van der Waals surface area contributed by atoms with Crippen molar-refractivity contribution in [1.29, 1.82) is 0 Å². The first kappa shape index (κ1) is 17.4. The molecule has 5 nitrogen and oxygen atoms in total. The third-order valence-corrected chi connectivity index (χ3v) is 3.68. The first-order valence-corrected chi connectivity index (χ1v) is 7.37. The predicted octanol–water partition coefficient (Wildman–Crippen LogP) is 1.84. The van der Waals surface area contributed by atoms with E-state index in [2.05, 4.69) is 15.6 Å². The Labute approximate surface area is 133 Å². The molecule has 1 fully saturated rings. The second-order valence-corrected chi connectivity index (χ2v) is 5.11.